The van der Waals surface area contributed by atoms with Crippen molar-refractivity contribution < 1.29 is 23.8 Å². The smallest absolute Gasteiger partial charge is 0.258 e. The normalized spacial score (nSPS) is 26.0. The first-order valence-electron chi connectivity index (χ1n) is 9.79. The van der Waals surface area contributed by atoms with Crippen molar-refractivity contribution in [3.05, 3.63) is 30.1 Å². The molecule has 0 unspecified atom stereocenters. The average molecular weight is 393 g/mol. The van der Waals surface area contributed by atoms with E-state index < -0.39 is 11.9 Å². The Balaban J connectivity index is 1.49. The maximum absolute atomic E-state index is 13.2. The molecule has 7 nitrogen and oxygen atoms in total. The SMILES string of the molecule is CC(=O)N1CCN([C@@H]2CCC[C@@H](NC(=O)COc3cccc(F)c3)[C@H]2O)CC1. The number of nitrogens with zero attached hydrogens (tertiary/aromatic N) is 2. The molecule has 28 heavy (non-hydrogen) atoms. The molecule has 0 bridgehead atoms. The lowest BCUT2D eigenvalue weighted by molar-refractivity contribution is -0.132. The molecule has 2 fully saturated rings. The van der Waals surface area contributed by atoms with E-state index in [2.05, 4.69) is 10.2 Å². The molecular formula is C20H28FN3O4. The summed E-state index contributed by atoms with van der Waals surface area (Å²) in [4.78, 5) is 27.7. The number of halogens is 1. The van der Waals surface area contributed by atoms with E-state index in [1.54, 1.807) is 13.0 Å². The van der Waals surface area contributed by atoms with Gasteiger partial charge in [-0.25, -0.2) is 4.39 Å². The van der Waals surface area contributed by atoms with Crippen LogP contribution in [-0.4, -0.2) is 77.7 Å². The van der Waals surface area contributed by atoms with E-state index in [4.69, 9.17) is 4.74 Å². The fourth-order valence-corrected chi connectivity index (χ4v) is 4.04. The number of piperazine rings is 1. The number of aliphatic hydroxyl groups excluding tert-OH is 1. The van der Waals surface area contributed by atoms with Gasteiger partial charge in [0.2, 0.25) is 5.91 Å². The average Bonchev–Trinajstić information content (AvgIpc) is 2.68. The zero-order valence-electron chi connectivity index (χ0n) is 16.1. The lowest BCUT2D eigenvalue weighted by atomic mass is 9.86. The van der Waals surface area contributed by atoms with E-state index in [1.165, 1.54) is 18.2 Å². The number of benzene rings is 1. The molecule has 1 saturated carbocycles. The molecule has 2 amide bonds. The summed E-state index contributed by atoms with van der Waals surface area (Å²) in [6, 6.07) is 5.26. The van der Waals surface area contributed by atoms with Crippen molar-refractivity contribution in [3.8, 4) is 5.75 Å². The van der Waals surface area contributed by atoms with Gasteiger partial charge in [-0.2, -0.15) is 0 Å². The van der Waals surface area contributed by atoms with Crippen LogP contribution in [0.5, 0.6) is 5.75 Å². The van der Waals surface area contributed by atoms with Crippen molar-refractivity contribution in [3.63, 3.8) is 0 Å². The molecule has 1 aliphatic heterocycles. The predicted octanol–water partition coefficient (Wildman–Crippen LogP) is 0.767. The Kier molecular flexibility index (Phi) is 6.85. The largest absolute Gasteiger partial charge is 0.484 e. The van der Waals surface area contributed by atoms with Gasteiger partial charge in [0, 0.05) is 45.2 Å². The first-order valence-corrected chi connectivity index (χ1v) is 9.79. The number of carbonyl (C=O) groups is 2. The minimum atomic E-state index is -0.671. The maximum Gasteiger partial charge on any atom is 0.258 e. The van der Waals surface area contributed by atoms with Crippen LogP contribution in [0.15, 0.2) is 24.3 Å². The third kappa shape index (κ3) is 5.20. The highest BCUT2D eigenvalue weighted by Gasteiger charge is 2.37. The third-order valence-corrected chi connectivity index (χ3v) is 5.56. The lowest BCUT2D eigenvalue weighted by Crippen LogP contribution is -2.60. The molecule has 0 spiro atoms. The monoisotopic (exact) mass is 393 g/mol. The Morgan fingerprint density at radius 3 is 2.68 bits per heavy atom. The van der Waals surface area contributed by atoms with Crippen LogP contribution in [0, 0.1) is 5.82 Å². The highest BCUT2D eigenvalue weighted by molar-refractivity contribution is 5.78. The molecule has 3 rings (SSSR count). The molecule has 2 N–H and O–H groups in total. The summed E-state index contributed by atoms with van der Waals surface area (Å²) in [6.07, 6.45) is 1.81. The Hall–Kier alpha value is -2.19. The van der Waals surface area contributed by atoms with E-state index in [0.29, 0.717) is 25.3 Å². The van der Waals surface area contributed by atoms with Gasteiger partial charge < -0.3 is 20.1 Å². The minimum absolute atomic E-state index is 0.0303. The van der Waals surface area contributed by atoms with Gasteiger partial charge in [-0.1, -0.05) is 6.07 Å². The van der Waals surface area contributed by atoms with E-state index in [-0.39, 0.29) is 30.5 Å². The number of amides is 2. The van der Waals surface area contributed by atoms with Gasteiger partial charge in [-0.15, -0.1) is 0 Å². The van der Waals surface area contributed by atoms with Crippen LogP contribution in [0.4, 0.5) is 4.39 Å². The van der Waals surface area contributed by atoms with E-state index in [0.717, 1.165) is 25.9 Å². The fraction of sp³-hybridized carbons (Fsp3) is 0.600. The van der Waals surface area contributed by atoms with Crippen LogP contribution in [0.2, 0.25) is 0 Å². The molecule has 1 saturated heterocycles. The molecule has 2 aliphatic rings. The number of hydrogen-bond donors (Lipinski definition) is 2. The van der Waals surface area contributed by atoms with Crippen molar-refractivity contribution in [2.24, 2.45) is 0 Å². The Labute approximate surface area is 164 Å². The minimum Gasteiger partial charge on any atom is -0.484 e. The summed E-state index contributed by atoms with van der Waals surface area (Å²) in [7, 11) is 0. The summed E-state index contributed by atoms with van der Waals surface area (Å²) in [5, 5.41) is 13.6. The molecule has 8 heteroatoms. The fourth-order valence-electron chi connectivity index (χ4n) is 4.04. The number of nitrogens with one attached hydrogen (secondary N) is 1. The van der Waals surface area contributed by atoms with Crippen molar-refractivity contribution in [2.75, 3.05) is 32.8 Å². The summed E-state index contributed by atoms with van der Waals surface area (Å²) in [5.74, 6) is -0.392. The standard InChI is InChI=1S/C20H28FN3O4/c1-14(25)23-8-10-24(11-9-23)18-7-3-6-17(20(18)27)22-19(26)13-28-16-5-2-4-15(21)12-16/h2,4-5,12,17-18,20,27H,3,6-11,13H2,1H3,(H,22,26)/t17-,18-,20-/m1/s1. The Bertz CT molecular complexity index is 694. The lowest BCUT2D eigenvalue weighted by Gasteiger charge is -2.45. The molecule has 1 heterocycles. The number of rotatable bonds is 5. The van der Waals surface area contributed by atoms with Gasteiger partial charge in [-0.3, -0.25) is 14.5 Å². The van der Waals surface area contributed by atoms with Gasteiger partial charge >= 0.3 is 0 Å². The Morgan fingerprint density at radius 1 is 1.25 bits per heavy atom. The van der Waals surface area contributed by atoms with Crippen LogP contribution in [0.3, 0.4) is 0 Å². The summed E-state index contributed by atoms with van der Waals surface area (Å²) >= 11 is 0. The van der Waals surface area contributed by atoms with Gasteiger partial charge in [-0.05, 0) is 31.4 Å². The second kappa shape index (κ2) is 9.34. The topological polar surface area (TPSA) is 82.1 Å². The molecule has 1 aromatic carbocycles. The predicted molar refractivity (Wildman–Crippen MR) is 101 cm³/mol. The number of carbonyl (C=O) groups excluding carboxylic acids is 2. The maximum atomic E-state index is 13.2. The van der Waals surface area contributed by atoms with E-state index in [9.17, 15) is 19.1 Å². The van der Waals surface area contributed by atoms with Crippen molar-refractivity contribution in [1.29, 1.82) is 0 Å². The number of ether oxygens (including phenoxy) is 1. The quantitative estimate of drug-likeness (QED) is 0.772. The molecule has 154 valence electrons. The number of aliphatic hydroxyl groups is 1. The Morgan fingerprint density at radius 2 is 2.00 bits per heavy atom. The second-order valence-corrected chi connectivity index (χ2v) is 7.45. The second-order valence-electron chi connectivity index (χ2n) is 7.45. The summed E-state index contributed by atoms with van der Waals surface area (Å²) in [6.45, 7) is 4.13. The highest BCUT2D eigenvalue weighted by atomic mass is 19.1. The summed E-state index contributed by atoms with van der Waals surface area (Å²) < 4.78 is 18.5. The third-order valence-electron chi connectivity index (χ3n) is 5.56. The number of hydrogen-bond acceptors (Lipinski definition) is 5. The zero-order valence-corrected chi connectivity index (χ0v) is 16.1. The molecular weight excluding hydrogens is 365 g/mol. The molecule has 3 atom stereocenters. The van der Waals surface area contributed by atoms with Crippen molar-refractivity contribution in [2.45, 2.75) is 44.4 Å². The van der Waals surface area contributed by atoms with Crippen LogP contribution >= 0.6 is 0 Å². The van der Waals surface area contributed by atoms with Crippen LogP contribution in [0.25, 0.3) is 0 Å². The van der Waals surface area contributed by atoms with E-state index in [1.807, 2.05) is 4.90 Å². The molecule has 1 aromatic rings. The van der Waals surface area contributed by atoms with Gasteiger partial charge in [0.25, 0.3) is 5.91 Å². The summed E-state index contributed by atoms with van der Waals surface area (Å²) in [5.41, 5.74) is 0. The molecule has 0 aromatic heterocycles. The van der Waals surface area contributed by atoms with Crippen LogP contribution in [-0.2, 0) is 9.59 Å². The van der Waals surface area contributed by atoms with E-state index >= 15 is 0 Å². The van der Waals surface area contributed by atoms with Crippen LogP contribution in [0.1, 0.15) is 26.2 Å². The molecule has 0 radical (unpaired) electrons. The highest BCUT2D eigenvalue weighted by Crippen LogP contribution is 2.25. The molecule has 1 aliphatic carbocycles. The zero-order chi connectivity index (χ0) is 20.1. The first kappa shape index (κ1) is 20.5. The van der Waals surface area contributed by atoms with Crippen molar-refractivity contribution in [1.82, 2.24) is 15.1 Å². The van der Waals surface area contributed by atoms with Crippen LogP contribution < -0.4 is 10.1 Å². The first-order chi connectivity index (χ1) is 13.4. The van der Waals surface area contributed by atoms with Gasteiger partial charge in [0.1, 0.15) is 11.6 Å². The van der Waals surface area contributed by atoms with Gasteiger partial charge in [0.15, 0.2) is 6.61 Å². The van der Waals surface area contributed by atoms with Gasteiger partial charge in [0.05, 0.1) is 12.1 Å². The van der Waals surface area contributed by atoms with Crippen molar-refractivity contribution >= 4 is 11.8 Å².